The molecule has 0 bridgehead atoms. The van der Waals surface area contributed by atoms with E-state index in [1.165, 1.54) is 30.2 Å². The summed E-state index contributed by atoms with van der Waals surface area (Å²) in [6, 6.07) is 8.88. The number of nitriles is 1. The first-order chi connectivity index (χ1) is 15.8. The molecule has 182 valence electrons. The molecule has 1 amide bonds. The molecule has 2 aromatic carbocycles. The summed E-state index contributed by atoms with van der Waals surface area (Å²) < 4.78 is 87.3. The van der Waals surface area contributed by atoms with E-state index in [1.54, 1.807) is 0 Å². The Hall–Kier alpha value is -3.42. The Morgan fingerprint density at radius 2 is 1.74 bits per heavy atom. The fourth-order valence-electron chi connectivity index (χ4n) is 3.61. The average Bonchev–Trinajstić information content (AvgIpc) is 2.74. The Balaban J connectivity index is 1.76. The highest BCUT2D eigenvalue weighted by atomic mass is 19.4. The number of carbonyl (C=O) groups excluding carboxylic acids is 1. The Kier molecular flexibility index (Phi) is 7.00. The summed E-state index contributed by atoms with van der Waals surface area (Å²) in [7, 11) is 1.19. The molecule has 0 aliphatic carbocycles. The number of benzene rings is 2. The van der Waals surface area contributed by atoms with Crippen molar-refractivity contribution in [3.8, 4) is 17.6 Å². The van der Waals surface area contributed by atoms with Crippen LogP contribution in [0, 0.1) is 17.2 Å². The second-order valence-electron chi connectivity index (χ2n) is 7.91. The van der Waals surface area contributed by atoms with Gasteiger partial charge in [0.2, 0.25) is 0 Å². The topological polar surface area (TPSA) is 62.6 Å². The minimum Gasteiger partial charge on any atom is -0.494 e. The summed E-state index contributed by atoms with van der Waals surface area (Å²) in [5.41, 5.74) is -0.422. The molecule has 0 unspecified atom stereocenters. The lowest BCUT2D eigenvalue weighted by molar-refractivity contribution is -0.189. The highest BCUT2D eigenvalue weighted by Gasteiger charge is 2.40. The molecular formula is C23H20F6N2O3. The summed E-state index contributed by atoms with van der Waals surface area (Å²) in [6.07, 6.45) is -10.9. The lowest BCUT2D eigenvalue weighted by Crippen LogP contribution is -2.51. The second kappa shape index (κ2) is 9.44. The van der Waals surface area contributed by atoms with Crippen molar-refractivity contribution in [2.24, 2.45) is 5.92 Å². The molecule has 0 aromatic heterocycles. The lowest BCUT2D eigenvalue weighted by Gasteiger charge is -2.40. The number of nitrogens with zero attached hydrogens (tertiary/aromatic N) is 2. The summed E-state index contributed by atoms with van der Waals surface area (Å²) in [4.78, 5) is 14.5. The largest absolute Gasteiger partial charge is 0.494 e. The molecule has 1 atom stereocenters. The van der Waals surface area contributed by atoms with Crippen molar-refractivity contribution in [2.45, 2.75) is 31.8 Å². The van der Waals surface area contributed by atoms with Gasteiger partial charge in [-0.1, -0.05) is 12.1 Å². The van der Waals surface area contributed by atoms with Gasteiger partial charge in [0.05, 0.1) is 18.2 Å². The van der Waals surface area contributed by atoms with E-state index in [0.717, 1.165) is 25.1 Å². The number of hydrogen-bond acceptors (Lipinski definition) is 4. The van der Waals surface area contributed by atoms with Gasteiger partial charge in [0, 0.05) is 13.1 Å². The van der Waals surface area contributed by atoms with Gasteiger partial charge in [-0.3, -0.25) is 4.79 Å². The van der Waals surface area contributed by atoms with E-state index < -0.39 is 29.9 Å². The zero-order valence-corrected chi connectivity index (χ0v) is 18.1. The van der Waals surface area contributed by atoms with Gasteiger partial charge in [0.15, 0.2) is 11.9 Å². The molecule has 0 N–H and O–H groups in total. The molecule has 5 nitrogen and oxygen atoms in total. The van der Waals surface area contributed by atoms with Crippen LogP contribution in [0.15, 0.2) is 36.4 Å². The van der Waals surface area contributed by atoms with E-state index in [9.17, 15) is 36.4 Å². The molecule has 1 heterocycles. The highest BCUT2D eigenvalue weighted by molar-refractivity contribution is 6.01. The van der Waals surface area contributed by atoms with E-state index >= 15 is 0 Å². The fraction of sp³-hybridized carbons (Fsp3) is 0.391. The maximum Gasteiger partial charge on any atom is 0.425 e. The maximum absolute atomic E-state index is 13.1. The van der Waals surface area contributed by atoms with Gasteiger partial charge in [-0.2, -0.15) is 31.6 Å². The van der Waals surface area contributed by atoms with Crippen LogP contribution in [0.1, 0.15) is 34.0 Å². The summed E-state index contributed by atoms with van der Waals surface area (Å²) in [5, 5.41) is 9.30. The van der Waals surface area contributed by atoms with E-state index in [0.29, 0.717) is 12.0 Å². The van der Waals surface area contributed by atoms with Crippen LogP contribution in [-0.4, -0.2) is 43.3 Å². The van der Waals surface area contributed by atoms with E-state index in [2.05, 4.69) is 0 Å². The van der Waals surface area contributed by atoms with Crippen molar-refractivity contribution in [2.75, 3.05) is 20.2 Å². The van der Waals surface area contributed by atoms with Crippen LogP contribution in [0.25, 0.3) is 0 Å². The minimum absolute atomic E-state index is 0.0420. The number of amides is 1. The van der Waals surface area contributed by atoms with Gasteiger partial charge in [-0.15, -0.1) is 0 Å². The Bertz CT molecular complexity index is 1080. The fourth-order valence-corrected chi connectivity index (χ4v) is 3.61. The van der Waals surface area contributed by atoms with E-state index in [-0.39, 0.29) is 41.6 Å². The maximum atomic E-state index is 13.1. The first-order valence-electron chi connectivity index (χ1n) is 10.1. The monoisotopic (exact) mass is 486 g/mol. The van der Waals surface area contributed by atoms with Crippen molar-refractivity contribution >= 4 is 5.91 Å². The number of rotatable bonds is 6. The molecule has 0 radical (unpaired) electrons. The summed E-state index contributed by atoms with van der Waals surface area (Å²) in [5.74, 6) is -1.27. The quantitative estimate of drug-likeness (QED) is 0.525. The van der Waals surface area contributed by atoms with Gasteiger partial charge in [0.25, 0.3) is 5.91 Å². The molecule has 1 aliphatic rings. The number of halogens is 6. The van der Waals surface area contributed by atoms with Crippen LogP contribution in [0.3, 0.4) is 0 Å². The van der Waals surface area contributed by atoms with Gasteiger partial charge < -0.3 is 14.4 Å². The van der Waals surface area contributed by atoms with Gasteiger partial charge in [-0.25, -0.2) is 0 Å². The van der Waals surface area contributed by atoms with Crippen molar-refractivity contribution in [3.63, 3.8) is 0 Å². The van der Waals surface area contributed by atoms with Crippen molar-refractivity contribution in [3.05, 3.63) is 58.7 Å². The number of hydrogen-bond donors (Lipinski definition) is 0. The third-order valence-electron chi connectivity index (χ3n) is 5.47. The zero-order valence-electron chi connectivity index (χ0n) is 18.1. The standard InChI is InChI=1S/C23H20F6N2O3/c1-13(22(24,25)26)34-18-8-5-16(10-30)20(33-2)19(18)21(32)31-11-15(12-31)9-14-3-6-17(7-4-14)23(27,28)29/h3-8,13,15H,9,11-12H2,1-2H3/t13-/m0/s1. The van der Waals surface area contributed by atoms with Crippen LogP contribution in [0.5, 0.6) is 11.5 Å². The number of methoxy groups -OCH3 is 1. The lowest BCUT2D eigenvalue weighted by atomic mass is 9.91. The first kappa shape index (κ1) is 25.2. The third kappa shape index (κ3) is 5.38. The normalized spacial score (nSPS) is 15.3. The van der Waals surface area contributed by atoms with Crippen LogP contribution >= 0.6 is 0 Å². The zero-order chi connectivity index (χ0) is 25.3. The number of carbonyl (C=O) groups is 1. The van der Waals surface area contributed by atoms with Gasteiger partial charge in [-0.05, 0) is 49.1 Å². The third-order valence-corrected chi connectivity index (χ3v) is 5.47. The van der Waals surface area contributed by atoms with Crippen LogP contribution in [0.4, 0.5) is 26.3 Å². The molecule has 1 saturated heterocycles. The summed E-state index contributed by atoms with van der Waals surface area (Å²) >= 11 is 0. The Morgan fingerprint density at radius 3 is 2.24 bits per heavy atom. The second-order valence-corrected chi connectivity index (χ2v) is 7.91. The number of alkyl halides is 6. The predicted octanol–water partition coefficient (Wildman–Crippen LogP) is 5.23. The number of ether oxygens (including phenoxy) is 2. The van der Waals surface area contributed by atoms with Gasteiger partial charge in [0.1, 0.15) is 17.4 Å². The van der Waals surface area contributed by atoms with E-state index in [4.69, 9.17) is 9.47 Å². The van der Waals surface area contributed by atoms with Crippen LogP contribution < -0.4 is 9.47 Å². The SMILES string of the molecule is COc1c(C#N)ccc(O[C@@H](C)C(F)(F)F)c1C(=O)N1CC(Cc2ccc(C(F)(F)F)cc2)C1. The molecule has 1 aliphatic heterocycles. The average molecular weight is 486 g/mol. The molecule has 34 heavy (non-hydrogen) atoms. The molecule has 11 heteroatoms. The molecule has 0 saturated carbocycles. The van der Waals surface area contributed by atoms with Gasteiger partial charge >= 0.3 is 12.4 Å². The Labute approximate surface area is 191 Å². The molecule has 2 aromatic rings. The number of likely N-dealkylation sites (tertiary alicyclic amines) is 1. The summed E-state index contributed by atoms with van der Waals surface area (Å²) in [6.45, 7) is 1.25. The first-order valence-corrected chi connectivity index (χ1v) is 10.1. The van der Waals surface area contributed by atoms with Crippen molar-refractivity contribution in [1.29, 1.82) is 5.26 Å². The molecule has 3 rings (SSSR count). The smallest absolute Gasteiger partial charge is 0.425 e. The Morgan fingerprint density at radius 1 is 1.12 bits per heavy atom. The van der Waals surface area contributed by atoms with Crippen LogP contribution in [0.2, 0.25) is 0 Å². The minimum atomic E-state index is -4.68. The molecule has 0 spiro atoms. The predicted molar refractivity (Wildman–Crippen MR) is 108 cm³/mol. The molecule has 1 fully saturated rings. The molecular weight excluding hydrogens is 466 g/mol. The highest BCUT2D eigenvalue weighted by Crippen LogP contribution is 2.37. The van der Waals surface area contributed by atoms with Crippen molar-refractivity contribution in [1.82, 2.24) is 4.90 Å². The van der Waals surface area contributed by atoms with Crippen LogP contribution in [-0.2, 0) is 12.6 Å². The van der Waals surface area contributed by atoms with E-state index in [1.807, 2.05) is 6.07 Å². The van der Waals surface area contributed by atoms with Crippen molar-refractivity contribution < 1.29 is 40.6 Å².